The maximum Gasteiger partial charge on any atom is 0.185 e. The van der Waals surface area contributed by atoms with Crippen LogP contribution in [0.15, 0.2) is 108 Å². The molecule has 360 valence electrons. The molecule has 1 unspecified atom stereocenters. The highest BCUT2D eigenvalue weighted by molar-refractivity contribution is 6.13. The average Bonchev–Trinajstić information content (AvgIpc) is 3.34. The number of allylic oxidation sites excluding steroid dienone is 5. The number of carbonyl (C=O) groups is 3. The summed E-state index contributed by atoms with van der Waals surface area (Å²) in [5.74, 6) is 1.65. The van der Waals surface area contributed by atoms with E-state index in [9.17, 15) is 39.9 Å². The van der Waals surface area contributed by atoms with Crippen LogP contribution in [0.25, 0.3) is 24.3 Å². The molecule has 2 aliphatic rings. The molecule has 4 aromatic rings. The van der Waals surface area contributed by atoms with E-state index in [0.29, 0.717) is 75.5 Å². The van der Waals surface area contributed by atoms with Crippen LogP contribution in [-0.4, -0.2) is 71.3 Å². The molecule has 0 amide bonds. The third-order valence-electron chi connectivity index (χ3n) is 12.5. The van der Waals surface area contributed by atoms with Crippen LogP contribution in [0, 0.1) is 17.8 Å². The fraction of sp³-hybridized carbons (Fsp3) is 0.339. The molecule has 0 heterocycles. The van der Waals surface area contributed by atoms with Gasteiger partial charge in [-0.1, -0.05) is 99.2 Å². The molecule has 1 atom stereocenters. The summed E-state index contributed by atoms with van der Waals surface area (Å²) in [6.45, 7) is -0.707. The normalized spacial score (nSPS) is 14.8. The summed E-state index contributed by atoms with van der Waals surface area (Å²) in [6, 6.07) is 21.3. The van der Waals surface area contributed by atoms with Crippen LogP contribution in [0.4, 0.5) is 0 Å². The first-order valence-corrected chi connectivity index (χ1v) is 22.8. The number of ether oxygens (including phenoxy) is 4. The van der Waals surface area contributed by atoms with Crippen LogP contribution in [0.5, 0.6) is 23.0 Å². The summed E-state index contributed by atoms with van der Waals surface area (Å²) >= 11 is 0. The van der Waals surface area contributed by atoms with E-state index in [2.05, 4.69) is 0 Å². The molecule has 5 N–H and O–H groups in total. The zero-order valence-electron chi connectivity index (χ0n) is 39.4. The van der Waals surface area contributed by atoms with Gasteiger partial charge in [-0.2, -0.15) is 0 Å². The minimum Gasteiger partial charge on any atom is -0.508 e. The first-order valence-electron chi connectivity index (χ1n) is 22.8. The SMILES string of the molecule is COc1ccc(/C=C/C(=O)C(CC2CCC2)=C(O)/C=C/c2ccc(CO)c(CO)c2)cc1OC.COc1ccc(/C=C/C(=O)C(CC2CCC2)C(=O)/C=C/c2ccc(CO)c(CO)c2)cc1OC. The lowest BCUT2D eigenvalue weighted by Crippen LogP contribution is -2.26. The summed E-state index contributed by atoms with van der Waals surface area (Å²) in [5.41, 5.74) is 5.95. The molecule has 0 aliphatic heterocycles. The summed E-state index contributed by atoms with van der Waals surface area (Å²) < 4.78 is 21.1. The minimum absolute atomic E-state index is 0.0642. The fourth-order valence-corrected chi connectivity index (χ4v) is 7.90. The van der Waals surface area contributed by atoms with Crippen molar-refractivity contribution in [3.05, 3.63) is 153 Å². The van der Waals surface area contributed by atoms with Gasteiger partial charge in [-0.05, 0) is 130 Å². The van der Waals surface area contributed by atoms with Gasteiger partial charge >= 0.3 is 0 Å². The molecule has 4 aromatic carbocycles. The smallest absolute Gasteiger partial charge is 0.185 e. The van der Waals surface area contributed by atoms with Crippen molar-refractivity contribution < 1.29 is 58.9 Å². The molecule has 0 aromatic heterocycles. The molecular formula is C56H64O12. The van der Waals surface area contributed by atoms with Gasteiger partial charge in [0.25, 0.3) is 0 Å². The third-order valence-corrected chi connectivity index (χ3v) is 12.5. The largest absolute Gasteiger partial charge is 0.508 e. The first kappa shape index (κ1) is 52.4. The number of methoxy groups -OCH3 is 4. The maximum absolute atomic E-state index is 13.1. The van der Waals surface area contributed by atoms with Gasteiger partial charge in [-0.3, -0.25) is 14.4 Å². The van der Waals surface area contributed by atoms with Crippen molar-refractivity contribution in [3.63, 3.8) is 0 Å². The van der Waals surface area contributed by atoms with E-state index in [1.165, 1.54) is 24.3 Å². The van der Waals surface area contributed by atoms with E-state index in [-0.39, 0.29) is 49.5 Å². The zero-order chi connectivity index (χ0) is 49.0. The topological polar surface area (TPSA) is 189 Å². The summed E-state index contributed by atoms with van der Waals surface area (Å²) in [7, 11) is 6.24. The second-order valence-corrected chi connectivity index (χ2v) is 16.9. The van der Waals surface area contributed by atoms with Gasteiger partial charge < -0.3 is 44.5 Å². The van der Waals surface area contributed by atoms with Crippen molar-refractivity contribution in [2.45, 2.75) is 77.8 Å². The second-order valence-electron chi connectivity index (χ2n) is 16.9. The molecule has 12 heteroatoms. The van der Waals surface area contributed by atoms with E-state index in [1.807, 2.05) is 12.1 Å². The Balaban J connectivity index is 0.000000254. The van der Waals surface area contributed by atoms with Crippen molar-refractivity contribution in [1.82, 2.24) is 0 Å². The third kappa shape index (κ3) is 14.7. The molecule has 2 saturated carbocycles. The van der Waals surface area contributed by atoms with Crippen LogP contribution in [-0.2, 0) is 40.8 Å². The van der Waals surface area contributed by atoms with Gasteiger partial charge in [0.05, 0.1) is 60.8 Å². The number of benzene rings is 4. The van der Waals surface area contributed by atoms with Crippen molar-refractivity contribution in [3.8, 4) is 23.0 Å². The molecule has 68 heavy (non-hydrogen) atoms. The minimum atomic E-state index is -0.730. The highest BCUT2D eigenvalue weighted by Gasteiger charge is 2.29. The van der Waals surface area contributed by atoms with E-state index in [0.717, 1.165) is 60.8 Å². The number of rotatable bonds is 23. The lowest BCUT2D eigenvalue weighted by atomic mass is 9.76. The van der Waals surface area contributed by atoms with E-state index < -0.39 is 5.92 Å². The summed E-state index contributed by atoms with van der Waals surface area (Å²) in [4.78, 5) is 39.1. The van der Waals surface area contributed by atoms with Gasteiger partial charge in [-0.15, -0.1) is 0 Å². The Morgan fingerprint density at radius 2 is 0.912 bits per heavy atom. The molecule has 0 radical (unpaired) electrons. The van der Waals surface area contributed by atoms with Crippen LogP contribution in [0.3, 0.4) is 0 Å². The van der Waals surface area contributed by atoms with Crippen LogP contribution in [0.1, 0.15) is 95.9 Å². The van der Waals surface area contributed by atoms with Gasteiger partial charge in [-0.25, -0.2) is 0 Å². The van der Waals surface area contributed by atoms with Crippen molar-refractivity contribution in [1.29, 1.82) is 0 Å². The Morgan fingerprint density at radius 3 is 1.31 bits per heavy atom. The standard InChI is InChI=1S/2C28H32O6/c2*1-33-27-13-9-21(16-28(27)34-2)8-12-26(32)24(15-19-4-3-5-19)25(31)11-7-20-6-10-22(17-29)23(14-20)18-30/h6-14,16,19,29-31H,3-5,15,17-18H2,1-2H3;6-14,16,19,24,29-30H,3-5,15,17-18H2,1-2H3/b11-7+,12-8+,25-24?;11-7+,12-8+. The van der Waals surface area contributed by atoms with E-state index in [1.54, 1.807) is 113 Å². The Hall–Kier alpha value is -6.57. The predicted molar refractivity (Wildman–Crippen MR) is 264 cm³/mol. The maximum atomic E-state index is 13.1. The predicted octanol–water partition coefficient (Wildman–Crippen LogP) is 9.35. The number of hydrogen-bond acceptors (Lipinski definition) is 12. The number of aliphatic hydroxyl groups excluding tert-OH is 5. The van der Waals surface area contributed by atoms with E-state index >= 15 is 0 Å². The Kier molecular flexibility index (Phi) is 20.6. The number of carbonyl (C=O) groups excluding carboxylic acids is 3. The lowest BCUT2D eigenvalue weighted by molar-refractivity contribution is -0.128. The van der Waals surface area contributed by atoms with Crippen LogP contribution < -0.4 is 18.9 Å². The van der Waals surface area contributed by atoms with Crippen molar-refractivity contribution >= 4 is 41.7 Å². The van der Waals surface area contributed by atoms with Crippen molar-refractivity contribution in [2.24, 2.45) is 17.8 Å². The van der Waals surface area contributed by atoms with Gasteiger partial charge in [0.15, 0.2) is 40.3 Å². The van der Waals surface area contributed by atoms with Crippen LogP contribution >= 0.6 is 0 Å². The zero-order valence-corrected chi connectivity index (χ0v) is 39.4. The van der Waals surface area contributed by atoms with Gasteiger partial charge in [0.1, 0.15) is 5.76 Å². The lowest BCUT2D eigenvalue weighted by Gasteiger charge is -2.27. The highest BCUT2D eigenvalue weighted by Crippen LogP contribution is 2.35. The van der Waals surface area contributed by atoms with E-state index in [4.69, 9.17) is 18.9 Å². The molecule has 0 spiro atoms. The Labute approximate surface area is 399 Å². The number of aliphatic hydroxyl groups is 5. The van der Waals surface area contributed by atoms with Crippen LogP contribution in [0.2, 0.25) is 0 Å². The molecule has 2 aliphatic carbocycles. The second kappa shape index (κ2) is 26.7. The molecule has 0 bridgehead atoms. The molecular weight excluding hydrogens is 865 g/mol. The Morgan fingerprint density at radius 1 is 0.515 bits per heavy atom. The number of ketones is 3. The Bertz CT molecular complexity index is 2430. The summed E-state index contributed by atoms with van der Waals surface area (Å²) in [5, 5.41) is 48.5. The molecule has 6 rings (SSSR count). The van der Waals surface area contributed by atoms with Gasteiger partial charge in [0.2, 0.25) is 0 Å². The molecule has 2 fully saturated rings. The first-order chi connectivity index (χ1) is 33.0. The monoisotopic (exact) mass is 928 g/mol. The molecule has 0 saturated heterocycles. The number of hydrogen-bond donors (Lipinski definition) is 5. The summed E-state index contributed by atoms with van der Waals surface area (Å²) in [6.07, 6.45) is 20.2. The van der Waals surface area contributed by atoms with Gasteiger partial charge in [0, 0.05) is 5.57 Å². The molecule has 12 nitrogen and oxygen atoms in total. The average molecular weight is 929 g/mol. The quantitative estimate of drug-likeness (QED) is 0.0206. The highest BCUT2D eigenvalue weighted by atomic mass is 16.5. The van der Waals surface area contributed by atoms with Crippen molar-refractivity contribution in [2.75, 3.05) is 28.4 Å². The fourth-order valence-electron chi connectivity index (χ4n) is 7.90.